The Hall–Kier alpha value is -1.99. The summed E-state index contributed by atoms with van der Waals surface area (Å²) in [7, 11) is 0. The van der Waals surface area contributed by atoms with Gasteiger partial charge in [0.25, 0.3) is 0 Å². The number of nitrogens with one attached hydrogen (secondary N) is 1. The van der Waals surface area contributed by atoms with Gasteiger partial charge in [0.2, 0.25) is 5.91 Å². The van der Waals surface area contributed by atoms with Crippen LogP contribution in [0.4, 0.5) is 0 Å². The number of piperidine rings is 1. The Bertz CT molecular complexity index is 827. The maximum Gasteiger partial charge on any atom is 0.244 e. The van der Waals surface area contributed by atoms with Gasteiger partial charge in [-0.3, -0.25) is 14.8 Å². The number of rotatable bonds is 7. The standard InChI is InChI=1S/C21H31N5OS/c1-4-24(5-2)18(16-11-8-7-9-12-16)20(27)25-14-10-13-17(15-25)19-22-23-21(28)26(19)6-3/h7-9,11-12,17-18H,4-6,10,13-15H2,1-3H3,(H,23,28). The first-order valence-electron chi connectivity index (χ1n) is 10.3. The molecule has 2 aromatic rings. The van der Waals surface area contributed by atoms with Crippen LogP contribution in [-0.2, 0) is 11.3 Å². The van der Waals surface area contributed by atoms with Crippen molar-refractivity contribution in [3.05, 3.63) is 46.5 Å². The molecule has 0 spiro atoms. The second-order valence-corrected chi connectivity index (χ2v) is 7.68. The summed E-state index contributed by atoms with van der Waals surface area (Å²) in [6.45, 7) is 10.3. The number of carbonyl (C=O) groups is 1. The third kappa shape index (κ3) is 4.20. The number of aromatic nitrogens is 3. The normalized spacial score (nSPS) is 18.4. The lowest BCUT2D eigenvalue weighted by Gasteiger charge is -2.38. The zero-order valence-electron chi connectivity index (χ0n) is 17.1. The van der Waals surface area contributed by atoms with Crippen molar-refractivity contribution in [2.45, 2.75) is 52.1 Å². The van der Waals surface area contributed by atoms with E-state index in [1.54, 1.807) is 0 Å². The summed E-state index contributed by atoms with van der Waals surface area (Å²) in [5, 5.41) is 7.39. The predicted octanol–water partition coefficient (Wildman–Crippen LogP) is 3.75. The fraction of sp³-hybridized carbons (Fsp3) is 0.571. The van der Waals surface area contributed by atoms with Crippen molar-refractivity contribution in [2.24, 2.45) is 0 Å². The lowest BCUT2D eigenvalue weighted by Crippen LogP contribution is -2.46. The van der Waals surface area contributed by atoms with Gasteiger partial charge in [0.05, 0.1) is 0 Å². The summed E-state index contributed by atoms with van der Waals surface area (Å²) in [6, 6.07) is 9.91. The predicted molar refractivity (Wildman–Crippen MR) is 114 cm³/mol. The van der Waals surface area contributed by atoms with Crippen LogP contribution in [0.1, 0.15) is 57.0 Å². The zero-order valence-corrected chi connectivity index (χ0v) is 17.9. The van der Waals surface area contributed by atoms with Gasteiger partial charge in [-0.05, 0) is 50.6 Å². The van der Waals surface area contributed by atoms with Crippen molar-refractivity contribution in [3.63, 3.8) is 0 Å². The first-order chi connectivity index (χ1) is 13.6. The molecule has 0 bridgehead atoms. The van der Waals surface area contributed by atoms with Crippen LogP contribution in [0.15, 0.2) is 30.3 Å². The third-order valence-electron chi connectivity index (χ3n) is 5.73. The van der Waals surface area contributed by atoms with Gasteiger partial charge < -0.3 is 9.47 Å². The average molecular weight is 402 g/mol. The van der Waals surface area contributed by atoms with Gasteiger partial charge in [-0.1, -0.05) is 44.2 Å². The summed E-state index contributed by atoms with van der Waals surface area (Å²) in [6.07, 6.45) is 2.02. The number of hydrogen-bond acceptors (Lipinski definition) is 4. The molecule has 2 atom stereocenters. The molecule has 1 N–H and O–H groups in total. The maximum absolute atomic E-state index is 13.6. The molecule has 28 heavy (non-hydrogen) atoms. The summed E-state index contributed by atoms with van der Waals surface area (Å²) in [5.41, 5.74) is 1.06. The van der Waals surface area contributed by atoms with Crippen LogP contribution in [0.3, 0.4) is 0 Å². The SMILES string of the molecule is CCN(CC)C(C(=O)N1CCCC(c2n[nH]c(=S)n2CC)C1)c1ccccc1. The molecule has 1 saturated heterocycles. The van der Waals surface area contributed by atoms with E-state index in [1.165, 1.54) is 0 Å². The number of carbonyl (C=O) groups excluding carboxylic acids is 1. The smallest absolute Gasteiger partial charge is 0.244 e. The van der Waals surface area contributed by atoms with Gasteiger partial charge in [0.15, 0.2) is 4.77 Å². The Labute approximate surface area is 172 Å². The molecule has 1 aromatic carbocycles. The van der Waals surface area contributed by atoms with E-state index in [9.17, 15) is 4.79 Å². The van der Waals surface area contributed by atoms with Gasteiger partial charge in [0, 0.05) is 25.6 Å². The first kappa shape index (κ1) is 20.7. The molecule has 1 aliphatic rings. The average Bonchev–Trinajstić information content (AvgIpc) is 3.12. The molecule has 0 radical (unpaired) electrons. The quantitative estimate of drug-likeness (QED) is 0.718. The van der Waals surface area contributed by atoms with Crippen molar-refractivity contribution in [2.75, 3.05) is 26.2 Å². The Balaban J connectivity index is 1.85. The number of hydrogen-bond donors (Lipinski definition) is 1. The Morgan fingerprint density at radius 1 is 1.29 bits per heavy atom. The van der Waals surface area contributed by atoms with Crippen molar-refractivity contribution in [1.29, 1.82) is 0 Å². The highest BCUT2D eigenvalue weighted by molar-refractivity contribution is 7.71. The number of amides is 1. The number of likely N-dealkylation sites (N-methyl/N-ethyl adjacent to an activating group) is 1. The van der Waals surface area contributed by atoms with E-state index < -0.39 is 0 Å². The Morgan fingerprint density at radius 2 is 2.00 bits per heavy atom. The molecule has 0 aliphatic carbocycles. The fourth-order valence-electron chi connectivity index (χ4n) is 4.24. The molecule has 1 aromatic heterocycles. The van der Waals surface area contributed by atoms with Gasteiger partial charge in [-0.25, -0.2) is 0 Å². The van der Waals surface area contributed by atoms with E-state index in [-0.39, 0.29) is 17.9 Å². The van der Waals surface area contributed by atoms with E-state index in [1.807, 2.05) is 27.7 Å². The second-order valence-electron chi connectivity index (χ2n) is 7.29. The van der Waals surface area contributed by atoms with E-state index in [0.717, 1.165) is 50.4 Å². The molecule has 1 aliphatic heterocycles. The van der Waals surface area contributed by atoms with Crippen molar-refractivity contribution >= 4 is 18.1 Å². The molecule has 152 valence electrons. The zero-order chi connectivity index (χ0) is 20.1. The molecular formula is C21H31N5OS. The minimum atomic E-state index is -0.234. The van der Waals surface area contributed by atoms with Crippen LogP contribution in [0.25, 0.3) is 0 Å². The first-order valence-corrected chi connectivity index (χ1v) is 10.7. The molecule has 3 rings (SSSR count). The van der Waals surface area contributed by atoms with Crippen LogP contribution in [-0.4, -0.2) is 56.7 Å². The molecule has 7 heteroatoms. The molecule has 1 fully saturated rings. The molecule has 6 nitrogen and oxygen atoms in total. The third-order valence-corrected chi connectivity index (χ3v) is 6.04. The summed E-state index contributed by atoms with van der Waals surface area (Å²) < 4.78 is 2.71. The second kappa shape index (κ2) is 9.47. The lowest BCUT2D eigenvalue weighted by molar-refractivity contribution is -0.138. The molecule has 0 saturated carbocycles. The summed E-state index contributed by atoms with van der Waals surface area (Å²) in [4.78, 5) is 17.9. The van der Waals surface area contributed by atoms with Gasteiger partial charge in [-0.15, -0.1) is 0 Å². The van der Waals surface area contributed by atoms with Crippen molar-refractivity contribution in [1.82, 2.24) is 24.6 Å². The van der Waals surface area contributed by atoms with Crippen LogP contribution >= 0.6 is 12.2 Å². The molecule has 2 unspecified atom stereocenters. The highest BCUT2D eigenvalue weighted by atomic mass is 32.1. The fourth-order valence-corrected chi connectivity index (χ4v) is 4.51. The van der Waals surface area contributed by atoms with Crippen molar-refractivity contribution in [3.8, 4) is 0 Å². The largest absolute Gasteiger partial charge is 0.340 e. The Kier molecular flexibility index (Phi) is 7.02. The van der Waals surface area contributed by atoms with Crippen LogP contribution in [0.2, 0.25) is 0 Å². The van der Waals surface area contributed by atoms with Crippen LogP contribution in [0.5, 0.6) is 0 Å². The topological polar surface area (TPSA) is 57.2 Å². The maximum atomic E-state index is 13.6. The highest BCUT2D eigenvalue weighted by Gasteiger charge is 2.34. The van der Waals surface area contributed by atoms with Gasteiger partial charge >= 0.3 is 0 Å². The molecule has 1 amide bonds. The minimum absolute atomic E-state index is 0.191. The number of benzene rings is 1. The number of nitrogens with zero attached hydrogens (tertiary/aromatic N) is 4. The summed E-state index contributed by atoms with van der Waals surface area (Å²) in [5.74, 6) is 1.39. The summed E-state index contributed by atoms with van der Waals surface area (Å²) >= 11 is 5.35. The van der Waals surface area contributed by atoms with Crippen LogP contribution in [0, 0.1) is 4.77 Å². The van der Waals surface area contributed by atoms with E-state index in [4.69, 9.17) is 12.2 Å². The Morgan fingerprint density at radius 3 is 2.64 bits per heavy atom. The van der Waals surface area contributed by atoms with Gasteiger partial charge in [-0.2, -0.15) is 5.10 Å². The number of aromatic amines is 1. The van der Waals surface area contributed by atoms with E-state index >= 15 is 0 Å². The molecular weight excluding hydrogens is 370 g/mol. The van der Waals surface area contributed by atoms with E-state index in [0.29, 0.717) is 11.3 Å². The number of likely N-dealkylation sites (tertiary alicyclic amines) is 1. The lowest BCUT2D eigenvalue weighted by atomic mass is 9.95. The van der Waals surface area contributed by atoms with Gasteiger partial charge in [0.1, 0.15) is 11.9 Å². The van der Waals surface area contributed by atoms with Crippen molar-refractivity contribution < 1.29 is 4.79 Å². The monoisotopic (exact) mass is 401 g/mol. The molecule has 2 heterocycles. The van der Waals surface area contributed by atoms with E-state index in [2.05, 4.69) is 48.0 Å². The highest BCUT2D eigenvalue weighted by Crippen LogP contribution is 2.30. The minimum Gasteiger partial charge on any atom is -0.340 e. The number of H-pyrrole nitrogens is 1. The van der Waals surface area contributed by atoms with Crippen LogP contribution < -0.4 is 0 Å².